The van der Waals surface area contributed by atoms with E-state index in [9.17, 15) is 4.79 Å². The molecule has 0 radical (unpaired) electrons. The molecule has 7 nitrogen and oxygen atoms in total. The summed E-state index contributed by atoms with van der Waals surface area (Å²) >= 11 is 5.99. The lowest BCUT2D eigenvalue weighted by molar-refractivity contribution is 0.0942. The number of amides is 1. The number of aromatic nitrogens is 2. The maximum Gasteiger partial charge on any atom is 0.273 e. The van der Waals surface area contributed by atoms with E-state index in [-0.39, 0.29) is 18.1 Å². The number of carbonyl (C=O) groups excluding carboxylic acids is 1. The van der Waals surface area contributed by atoms with Gasteiger partial charge in [-0.2, -0.15) is 0 Å². The number of hydrogen-bond donors (Lipinski definition) is 1. The van der Waals surface area contributed by atoms with Gasteiger partial charge >= 0.3 is 0 Å². The fourth-order valence-corrected chi connectivity index (χ4v) is 2.98. The Bertz CT molecular complexity index is 1190. The van der Waals surface area contributed by atoms with E-state index in [4.69, 9.17) is 25.6 Å². The maximum absolute atomic E-state index is 12.4. The summed E-state index contributed by atoms with van der Waals surface area (Å²) < 4.78 is 16.2. The van der Waals surface area contributed by atoms with Gasteiger partial charge in [0.05, 0.1) is 7.11 Å². The summed E-state index contributed by atoms with van der Waals surface area (Å²) in [4.78, 5) is 16.7. The summed E-state index contributed by atoms with van der Waals surface area (Å²) in [6, 6.07) is 19.5. The van der Waals surface area contributed by atoms with Gasteiger partial charge in [0.25, 0.3) is 5.91 Å². The molecular weight excluding hydrogens is 418 g/mol. The third-order valence-electron chi connectivity index (χ3n) is 4.37. The van der Waals surface area contributed by atoms with Crippen LogP contribution in [-0.4, -0.2) is 23.2 Å². The first kappa shape index (κ1) is 20.4. The normalized spacial score (nSPS) is 10.5. The van der Waals surface area contributed by atoms with Crippen molar-refractivity contribution in [1.82, 2.24) is 15.5 Å². The lowest BCUT2D eigenvalue weighted by Gasteiger charge is -2.07. The second kappa shape index (κ2) is 9.32. The average Bonchev–Trinajstić information content (AvgIpc) is 3.29. The van der Waals surface area contributed by atoms with Crippen LogP contribution in [0.4, 0.5) is 0 Å². The molecule has 31 heavy (non-hydrogen) atoms. The zero-order chi connectivity index (χ0) is 21.6. The smallest absolute Gasteiger partial charge is 0.273 e. The van der Waals surface area contributed by atoms with Gasteiger partial charge in [0.2, 0.25) is 5.88 Å². The number of methoxy groups -OCH3 is 1. The zero-order valence-corrected chi connectivity index (χ0v) is 17.3. The molecule has 8 heteroatoms. The van der Waals surface area contributed by atoms with Crippen LogP contribution in [0.25, 0.3) is 11.3 Å². The van der Waals surface area contributed by atoms with Crippen molar-refractivity contribution in [3.8, 4) is 28.7 Å². The first-order valence-electron chi connectivity index (χ1n) is 9.38. The Morgan fingerprint density at radius 3 is 2.68 bits per heavy atom. The molecule has 0 saturated carbocycles. The lowest BCUT2D eigenvalue weighted by Crippen LogP contribution is -2.23. The highest BCUT2D eigenvalue weighted by molar-refractivity contribution is 6.30. The van der Waals surface area contributed by atoms with Gasteiger partial charge in [-0.3, -0.25) is 4.79 Å². The fourth-order valence-electron chi connectivity index (χ4n) is 2.79. The summed E-state index contributed by atoms with van der Waals surface area (Å²) in [7, 11) is 1.59. The highest BCUT2D eigenvalue weighted by atomic mass is 35.5. The molecule has 2 aromatic carbocycles. The van der Waals surface area contributed by atoms with Crippen molar-refractivity contribution in [2.45, 2.75) is 6.54 Å². The molecule has 1 amide bonds. The number of benzene rings is 2. The highest BCUT2D eigenvalue weighted by Crippen LogP contribution is 2.25. The minimum Gasteiger partial charge on any atom is -0.497 e. The molecule has 0 aliphatic rings. The Labute approximate surface area is 183 Å². The zero-order valence-electron chi connectivity index (χ0n) is 16.5. The van der Waals surface area contributed by atoms with Crippen molar-refractivity contribution >= 4 is 17.5 Å². The first-order chi connectivity index (χ1) is 15.1. The number of ether oxygens (including phenoxy) is 2. The van der Waals surface area contributed by atoms with Crippen LogP contribution >= 0.6 is 11.6 Å². The molecule has 1 N–H and O–H groups in total. The largest absolute Gasteiger partial charge is 0.497 e. The molecule has 0 saturated heterocycles. The second-order valence-corrected chi connectivity index (χ2v) is 6.99. The van der Waals surface area contributed by atoms with Gasteiger partial charge in [-0.25, -0.2) is 4.98 Å². The van der Waals surface area contributed by atoms with Crippen molar-refractivity contribution in [3.05, 3.63) is 89.2 Å². The Hall–Kier alpha value is -3.84. The third kappa shape index (κ3) is 5.21. The van der Waals surface area contributed by atoms with Crippen molar-refractivity contribution in [1.29, 1.82) is 0 Å². The van der Waals surface area contributed by atoms with E-state index in [0.29, 0.717) is 28.2 Å². The van der Waals surface area contributed by atoms with Crippen molar-refractivity contribution in [2.75, 3.05) is 7.11 Å². The van der Waals surface area contributed by atoms with E-state index in [1.165, 1.54) is 0 Å². The van der Waals surface area contributed by atoms with Gasteiger partial charge in [0.15, 0.2) is 11.5 Å². The molecular formula is C23H18ClN3O4. The average molecular weight is 436 g/mol. The molecule has 0 aliphatic carbocycles. The molecule has 4 aromatic rings. The minimum absolute atomic E-state index is 0.181. The molecule has 0 spiro atoms. The predicted octanol–water partition coefficient (Wildman–Crippen LogP) is 5.12. The molecule has 0 unspecified atom stereocenters. The molecule has 0 atom stereocenters. The fraction of sp³-hybridized carbons (Fsp3) is 0.0870. The van der Waals surface area contributed by atoms with E-state index in [2.05, 4.69) is 15.5 Å². The van der Waals surface area contributed by atoms with E-state index in [1.807, 2.05) is 30.3 Å². The number of rotatable bonds is 7. The lowest BCUT2D eigenvalue weighted by atomic mass is 10.1. The minimum atomic E-state index is -0.353. The van der Waals surface area contributed by atoms with Gasteiger partial charge < -0.3 is 19.3 Å². The number of nitrogens with one attached hydrogen (secondary N) is 1. The van der Waals surface area contributed by atoms with Crippen LogP contribution in [-0.2, 0) is 6.54 Å². The molecule has 156 valence electrons. The summed E-state index contributed by atoms with van der Waals surface area (Å²) in [5, 5.41) is 7.20. The Morgan fingerprint density at radius 1 is 1.06 bits per heavy atom. The Balaban J connectivity index is 1.34. The van der Waals surface area contributed by atoms with E-state index < -0.39 is 0 Å². The van der Waals surface area contributed by atoms with E-state index in [1.54, 1.807) is 49.7 Å². The van der Waals surface area contributed by atoms with E-state index in [0.717, 1.165) is 11.1 Å². The van der Waals surface area contributed by atoms with Crippen LogP contribution in [0.15, 0.2) is 77.4 Å². The van der Waals surface area contributed by atoms with Crippen molar-refractivity contribution in [3.63, 3.8) is 0 Å². The summed E-state index contributed by atoms with van der Waals surface area (Å²) in [5.41, 5.74) is 1.74. The second-order valence-electron chi connectivity index (χ2n) is 6.56. The summed E-state index contributed by atoms with van der Waals surface area (Å²) in [6.07, 6.45) is 1.63. The van der Waals surface area contributed by atoms with Gasteiger partial charge in [-0.15, -0.1) is 0 Å². The van der Waals surface area contributed by atoms with Crippen LogP contribution in [0.1, 0.15) is 16.1 Å². The molecule has 0 aliphatic heterocycles. The number of hydrogen-bond acceptors (Lipinski definition) is 6. The monoisotopic (exact) mass is 435 g/mol. The first-order valence-corrected chi connectivity index (χ1v) is 9.76. The third-order valence-corrected chi connectivity index (χ3v) is 4.60. The molecule has 0 fully saturated rings. The van der Waals surface area contributed by atoms with Gasteiger partial charge in [0.1, 0.15) is 11.5 Å². The topological polar surface area (TPSA) is 86.5 Å². The number of halogens is 1. The maximum atomic E-state index is 12.4. The van der Waals surface area contributed by atoms with Gasteiger partial charge in [-0.1, -0.05) is 41.0 Å². The van der Waals surface area contributed by atoms with Crippen molar-refractivity contribution in [2.24, 2.45) is 0 Å². The predicted molar refractivity (Wildman–Crippen MR) is 115 cm³/mol. The summed E-state index contributed by atoms with van der Waals surface area (Å²) in [6.45, 7) is 0.282. The molecule has 0 bridgehead atoms. The highest BCUT2D eigenvalue weighted by Gasteiger charge is 2.14. The number of nitrogens with zero attached hydrogens (tertiary/aromatic N) is 2. The van der Waals surface area contributed by atoms with E-state index >= 15 is 0 Å². The van der Waals surface area contributed by atoms with Crippen LogP contribution < -0.4 is 14.8 Å². The Kier molecular flexibility index (Phi) is 6.14. The Morgan fingerprint density at radius 2 is 1.90 bits per heavy atom. The van der Waals surface area contributed by atoms with Gasteiger partial charge in [0, 0.05) is 41.5 Å². The SMILES string of the molecule is COc1cccc(Oc2ccc(CNC(=O)c3cc(-c4cccc(Cl)c4)on3)cn2)c1. The van der Waals surface area contributed by atoms with Crippen LogP contribution in [0.2, 0.25) is 5.02 Å². The number of carbonyl (C=O) groups is 1. The number of pyridine rings is 1. The van der Waals surface area contributed by atoms with Gasteiger partial charge in [-0.05, 0) is 29.8 Å². The van der Waals surface area contributed by atoms with Crippen LogP contribution in [0.3, 0.4) is 0 Å². The molecule has 4 rings (SSSR count). The summed E-state index contributed by atoms with van der Waals surface area (Å²) in [5.74, 6) is 1.87. The quantitative estimate of drug-likeness (QED) is 0.433. The van der Waals surface area contributed by atoms with Crippen molar-refractivity contribution < 1.29 is 18.8 Å². The van der Waals surface area contributed by atoms with Crippen LogP contribution in [0.5, 0.6) is 17.4 Å². The molecule has 2 aromatic heterocycles. The molecule has 2 heterocycles. The van der Waals surface area contributed by atoms with Crippen LogP contribution in [0, 0.1) is 0 Å². The standard InChI is InChI=1S/C23H18ClN3O4/c1-29-18-6-3-7-19(11-18)30-22-9-8-15(13-25-22)14-26-23(28)20-12-21(31-27-20)16-4-2-5-17(24)10-16/h2-13H,14H2,1H3,(H,26,28).